The lowest BCUT2D eigenvalue weighted by Gasteiger charge is -2.29. The smallest absolute Gasteiger partial charge is 0.0852 e. The first-order valence-corrected chi connectivity index (χ1v) is 6.57. The van der Waals surface area contributed by atoms with E-state index < -0.39 is 12.2 Å². The third-order valence-electron chi connectivity index (χ3n) is 2.34. The van der Waals surface area contributed by atoms with E-state index in [1.165, 1.54) is 0 Å². The van der Waals surface area contributed by atoms with Crippen LogP contribution in [0.15, 0.2) is 15.9 Å². The van der Waals surface area contributed by atoms with Gasteiger partial charge in [0.1, 0.15) is 0 Å². The molecule has 0 bridgehead atoms. The molecule has 1 aromatic heterocycles. The molecule has 0 aliphatic rings. The Kier molecular flexibility index (Phi) is 4.35. The van der Waals surface area contributed by atoms with Crippen molar-refractivity contribution in [3.63, 3.8) is 0 Å². The molecule has 2 atom stereocenters. The maximum Gasteiger partial charge on any atom is 0.0852 e. The first kappa shape index (κ1) is 13.2. The van der Waals surface area contributed by atoms with Gasteiger partial charge in [0.2, 0.25) is 0 Å². The maximum atomic E-state index is 9.89. The number of thiophene rings is 1. The minimum atomic E-state index is -0.708. The second-order valence-corrected chi connectivity index (χ2v) is 6.63. The third kappa shape index (κ3) is 3.55. The average Bonchev–Trinajstić information content (AvgIpc) is 2.49. The zero-order chi connectivity index (χ0) is 11.6. The van der Waals surface area contributed by atoms with Gasteiger partial charge < -0.3 is 10.2 Å². The third-order valence-corrected chi connectivity index (χ3v) is 4.29. The minimum absolute atomic E-state index is 0.289. The molecule has 86 valence electrons. The SMILES string of the molecule is CC(C)(C)C(O)C(O)Cc1sccc1Br. The summed E-state index contributed by atoms with van der Waals surface area (Å²) in [5, 5.41) is 21.7. The van der Waals surface area contributed by atoms with E-state index in [-0.39, 0.29) is 5.41 Å². The number of halogens is 1. The van der Waals surface area contributed by atoms with Gasteiger partial charge in [0.05, 0.1) is 12.2 Å². The summed E-state index contributed by atoms with van der Waals surface area (Å²) in [5.41, 5.74) is -0.289. The molecule has 0 amide bonds. The van der Waals surface area contributed by atoms with Gasteiger partial charge >= 0.3 is 0 Å². The molecule has 0 aromatic carbocycles. The molecule has 0 aliphatic heterocycles. The normalized spacial score (nSPS) is 16.4. The highest BCUT2D eigenvalue weighted by molar-refractivity contribution is 9.10. The van der Waals surface area contributed by atoms with E-state index in [0.717, 1.165) is 9.35 Å². The summed E-state index contributed by atoms with van der Waals surface area (Å²) in [4.78, 5) is 1.07. The molecule has 0 fully saturated rings. The van der Waals surface area contributed by atoms with Gasteiger partial charge in [0.15, 0.2) is 0 Å². The highest BCUT2D eigenvalue weighted by atomic mass is 79.9. The molecule has 2 N–H and O–H groups in total. The predicted octanol–water partition coefficient (Wildman–Crippen LogP) is 2.82. The highest BCUT2D eigenvalue weighted by Gasteiger charge is 2.29. The van der Waals surface area contributed by atoms with Crippen LogP contribution in [0.3, 0.4) is 0 Å². The van der Waals surface area contributed by atoms with E-state index in [1.807, 2.05) is 32.2 Å². The molecule has 15 heavy (non-hydrogen) atoms. The molecule has 1 heterocycles. The van der Waals surface area contributed by atoms with E-state index in [9.17, 15) is 10.2 Å². The summed E-state index contributed by atoms with van der Waals surface area (Å²) in [7, 11) is 0. The highest BCUT2D eigenvalue weighted by Crippen LogP contribution is 2.28. The second-order valence-electron chi connectivity index (χ2n) is 4.77. The monoisotopic (exact) mass is 292 g/mol. The number of aliphatic hydroxyl groups is 2. The summed E-state index contributed by atoms with van der Waals surface area (Å²) >= 11 is 5.00. The van der Waals surface area contributed by atoms with Gasteiger partial charge in [-0.25, -0.2) is 0 Å². The number of rotatable bonds is 3. The van der Waals surface area contributed by atoms with Crippen molar-refractivity contribution in [3.8, 4) is 0 Å². The quantitative estimate of drug-likeness (QED) is 0.899. The van der Waals surface area contributed by atoms with Gasteiger partial charge in [-0.2, -0.15) is 0 Å². The van der Waals surface area contributed by atoms with Gasteiger partial charge in [-0.15, -0.1) is 11.3 Å². The van der Waals surface area contributed by atoms with Crippen LogP contribution in [0.25, 0.3) is 0 Å². The second kappa shape index (κ2) is 4.95. The topological polar surface area (TPSA) is 40.5 Å². The lowest BCUT2D eigenvalue weighted by molar-refractivity contribution is -0.0431. The van der Waals surface area contributed by atoms with Crippen LogP contribution in [0.5, 0.6) is 0 Å². The van der Waals surface area contributed by atoms with Gasteiger partial charge in [-0.05, 0) is 32.8 Å². The lowest BCUT2D eigenvalue weighted by atomic mass is 9.85. The Labute approximate surface area is 103 Å². The number of hydrogen-bond acceptors (Lipinski definition) is 3. The minimum Gasteiger partial charge on any atom is -0.390 e. The van der Waals surface area contributed by atoms with Crippen molar-refractivity contribution in [2.24, 2.45) is 5.41 Å². The van der Waals surface area contributed by atoms with Crippen LogP contribution in [-0.4, -0.2) is 22.4 Å². The molecular weight excluding hydrogens is 276 g/mol. The summed E-state index contributed by atoms with van der Waals surface area (Å²) in [6, 6.07) is 1.95. The Morgan fingerprint density at radius 1 is 1.40 bits per heavy atom. The largest absolute Gasteiger partial charge is 0.390 e. The molecule has 0 aliphatic carbocycles. The molecule has 1 aromatic rings. The van der Waals surface area contributed by atoms with Crippen LogP contribution in [0.4, 0.5) is 0 Å². The molecule has 0 saturated heterocycles. The summed E-state index contributed by atoms with van der Waals surface area (Å²) in [6.45, 7) is 5.76. The first-order valence-electron chi connectivity index (χ1n) is 4.90. The standard InChI is InChI=1S/C11H17BrO2S/c1-11(2,3)10(14)8(13)6-9-7(12)4-5-15-9/h4-5,8,10,13-14H,6H2,1-3H3. The van der Waals surface area contributed by atoms with E-state index in [0.29, 0.717) is 6.42 Å². The van der Waals surface area contributed by atoms with Gasteiger partial charge in [-0.1, -0.05) is 20.8 Å². The van der Waals surface area contributed by atoms with Gasteiger partial charge in [-0.3, -0.25) is 0 Å². The van der Waals surface area contributed by atoms with Crippen LogP contribution < -0.4 is 0 Å². The zero-order valence-electron chi connectivity index (χ0n) is 9.20. The van der Waals surface area contributed by atoms with Crippen LogP contribution in [-0.2, 0) is 6.42 Å². The Hall–Kier alpha value is 0.100. The van der Waals surface area contributed by atoms with Crippen molar-refractivity contribution < 1.29 is 10.2 Å². The van der Waals surface area contributed by atoms with Crippen molar-refractivity contribution >= 4 is 27.3 Å². The predicted molar refractivity (Wildman–Crippen MR) is 67.2 cm³/mol. The molecule has 0 radical (unpaired) electrons. The lowest BCUT2D eigenvalue weighted by Crippen LogP contribution is -2.38. The van der Waals surface area contributed by atoms with E-state index in [4.69, 9.17) is 0 Å². The van der Waals surface area contributed by atoms with Gasteiger partial charge in [0.25, 0.3) is 0 Å². The summed E-state index contributed by atoms with van der Waals surface area (Å²) in [6.07, 6.45) is -0.914. The Bertz CT molecular complexity index is 317. The van der Waals surface area contributed by atoms with E-state index in [2.05, 4.69) is 15.9 Å². The van der Waals surface area contributed by atoms with Crippen molar-refractivity contribution in [2.45, 2.75) is 39.4 Å². The fourth-order valence-corrected chi connectivity index (χ4v) is 2.91. The summed E-state index contributed by atoms with van der Waals surface area (Å²) < 4.78 is 1.01. The molecule has 0 saturated carbocycles. The van der Waals surface area contributed by atoms with Crippen molar-refractivity contribution in [2.75, 3.05) is 0 Å². The zero-order valence-corrected chi connectivity index (χ0v) is 11.6. The fourth-order valence-electron chi connectivity index (χ4n) is 1.35. The van der Waals surface area contributed by atoms with Crippen molar-refractivity contribution in [3.05, 3.63) is 20.8 Å². The molecular formula is C11H17BrO2S. The molecule has 4 heteroatoms. The number of hydrogen-bond donors (Lipinski definition) is 2. The van der Waals surface area contributed by atoms with Crippen LogP contribution in [0.1, 0.15) is 25.6 Å². The van der Waals surface area contributed by atoms with Gasteiger partial charge in [0, 0.05) is 15.8 Å². The fraction of sp³-hybridized carbons (Fsp3) is 0.636. The molecule has 2 unspecified atom stereocenters. The van der Waals surface area contributed by atoms with E-state index >= 15 is 0 Å². The van der Waals surface area contributed by atoms with E-state index in [1.54, 1.807) is 11.3 Å². The summed E-state index contributed by atoms with van der Waals surface area (Å²) in [5.74, 6) is 0. The number of aliphatic hydroxyl groups excluding tert-OH is 2. The maximum absolute atomic E-state index is 9.89. The van der Waals surface area contributed by atoms with Crippen molar-refractivity contribution in [1.82, 2.24) is 0 Å². The molecule has 1 rings (SSSR count). The van der Waals surface area contributed by atoms with Crippen LogP contribution in [0, 0.1) is 5.41 Å². The molecule has 2 nitrogen and oxygen atoms in total. The Morgan fingerprint density at radius 2 is 2.00 bits per heavy atom. The van der Waals surface area contributed by atoms with Crippen molar-refractivity contribution in [1.29, 1.82) is 0 Å². The van der Waals surface area contributed by atoms with Crippen LogP contribution in [0.2, 0.25) is 0 Å². The Balaban J connectivity index is 2.64. The Morgan fingerprint density at radius 3 is 2.40 bits per heavy atom. The molecule has 0 spiro atoms. The average molecular weight is 293 g/mol. The van der Waals surface area contributed by atoms with Crippen LogP contribution >= 0.6 is 27.3 Å². The first-order chi connectivity index (χ1) is 6.82.